The topological polar surface area (TPSA) is 119 Å². The Morgan fingerprint density at radius 1 is 1.12 bits per heavy atom. The molecule has 1 heterocycles. The third-order valence-electron chi connectivity index (χ3n) is 5.02. The van der Waals surface area contributed by atoms with E-state index in [9.17, 15) is 27.2 Å². The summed E-state index contributed by atoms with van der Waals surface area (Å²) < 4.78 is 52.1. The van der Waals surface area contributed by atoms with E-state index in [1.165, 1.54) is 47.6 Å². The first-order valence-corrected chi connectivity index (χ1v) is 11.9. The molecule has 2 atom stereocenters. The number of rotatable bonds is 7. The number of carbonyl (C=O) groups is 3. The van der Waals surface area contributed by atoms with Gasteiger partial charge in [-0.25, -0.2) is 17.6 Å². The number of Topliss-reactive ketones (excluding diaryl/α,β-unsaturated/α-hetero) is 1. The van der Waals surface area contributed by atoms with Crippen molar-refractivity contribution in [1.29, 1.82) is 0 Å². The Balaban J connectivity index is 1.69. The van der Waals surface area contributed by atoms with E-state index in [1.54, 1.807) is 13.8 Å². The van der Waals surface area contributed by atoms with E-state index in [0.29, 0.717) is 0 Å². The number of amides is 1. The zero-order valence-corrected chi connectivity index (χ0v) is 19.7. The van der Waals surface area contributed by atoms with Crippen LogP contribution in [0.15, 0.2) is 47.4 Å². The molecule has 1 aliphatic rings. The predicted octanol–water partition coefficient (Wildman–Crippen LogP) is 2.62. The van der Waals surface area contributed by atoms with E-state index in [2.05, 4.69) is 5.32 Å². The highest BCUT2D eigenvalue weighted by Crippen LogP contribution is 2.22. The minimum Gasteiger partial charge on any atom is -0.454 e. The minimum atomic E-state index is -3.88. The smallest absolute Gasteiger partial charge is 0.338 e. The van der Waals surface area contributed by atoms with E-state index >= 15 is 0 Å². The number of halogens is 1. The lowest BCUT2D eigenvalue weighted by atomic mass is 10.1. The zero-order chi connectivity index (χ0) is 25.0. The van der Waals surface area contributed by atoms with Crippen LogP contribution in [-0.2, 0) is 24.3 Å². The molecule has 2 unspecified atom stereocenters. The number of hydrogen-bond acceptors (Lipinski definition) is 7. The summed E-state index contributed by atoms with van der Waals surface area (Å²) >= 11 is 0. The van der Waals surface area contributed by atoms with Gasteiger partial charge in [-0.15, -0.1) is 0 Å². The second-order valence-corrected chi connectivity index (χ2v) is 9.92. The van der Waals surface area contributed by atoms with Crippen LogP contribution in [0, 0.1) is 5.82 Å². The van der Waals surface area contributed by atoms with Crippen LogP contribution in [0.25, 0.3) is 0 Å². The summed E-state index contributed by atoms with van der Waals surface area (Å²) in [6, 6.07) is 8.82. The van der Waals surface area contributed by atoms with Gasteiger partial charge in [-0.3, -0.25) is 9.59 Å². The first kappa shape index (κ1) is 25.5. The van der Waals surface area contributed by atoms with Crippen molar-refractivity contribution in [3.8, 4) is 0 Å². The molecule has 1 N–H and O–H groups in total. The maximum absolute atomic E-state index is 14.2. The zero-order valence-electron chi connectivity index (χ0n) is 18.9. The van der Waals surface area contributed by atoms with Crippen molar-refractivity contribution in [3.63, 3.8) is 0 Å². The van der Waals surface area contributed by atoms with Gasteiger partial charge in [-0.2, -0.15) is 4.31 Å². The number of carbonyl (C=O) groups excluding carboxylic acids is 3. The highest BCUT2D eigenvalue weighted by molar-refractivity contribution is 7.89. The number of ether oxygens (including phenoxy) is 2. The lowest BCUT2D eigenvalue weighted by Crippen LogP contribution is -2.48. The molecular formula is C23H25FN2O7S. The second-order valence-electron chi connectivity index (χ2n) is 7.98. The van der Waals surface area contributed by atoms with Crippen LogP contribution in [0.2, 0.25) is 0 Å². The normalized spacial score (nSPS) is 18.8. The summed E-state index contributed by atoms with van der Waals surface area (Å²) in [6.07, 6.45) is -0.546. The molecule has 0 radical (unpaired) electrons. The summed E-state index contributed by atoms with van der Waals surface area (Å²) in [6.45, 7) is 4.44. The standard InChI is InChI=1S/C23H25FN2O7S/c1-14-11-26(12-15(2)33-14)34(30,31)19-6-4-5-17(9-19)23(29)32-13-22(28)20-8-7-18(10-21(20)24)25-16(3)27/h4-10,14-15H,11-13H2,1-3H3,(H,25,27). The number of ketones is 1. The fraction of sp³-hybridized carbons (Fsp3) is 0.348. The van der Waals surface area contributed by atoms with Gasteiger partial charge in [0.25, 0.3) is 0 Å². The molecule has 0 aromatic heterocycles. The molecule has 1 saturated heterocycles. The molecule has 3 rings (SSSR count). The van der Waals surface area contributed by atoms with Gasteiger partial charge in [0.15, 0.2) is 6.61 Å². The molecule has 34 heavy (non-hydrogen) atoms. The summed E-state index contributed by atoms with van der Waals surface area (Å²) in [5.74, 6) is -2.99. The Bertz CT molecular complexity index is 1210. The number of sulfonamides is 1. The van der Waals surface area contributed by atoms with Crippen LogP contribution >= 0.6 is 0 Å². The summed E-state index contributed by atoms with van der Waals surface area (Å²) in [4.78, 5) is 35.7. The van der Waals surface area contributed by atoms with Gasteiger partial charge in [0.05, 0.1) is 28.2 Å². The summed E-state index contributed by atoms with van der Waals surface area (Å²) in [5, 5.41) is 2.39. The number of morpholine rings is 1. The van der Waals surface area contributed by atoms with Crippen molar-refractivity contribution in [2.45, 2.75) is 37.9 Å². The first-order chi connectivity index (χ1) is 16.0. The molecule has 2 aromatic rings. The number of nitrogens with one attached hydrogen (secondary N) is 1. The van der Waals surface area contributed by atoms with Gasteiger partial charge in [0, 0.05) is 25.7 Å². The number of hydrogen-bond donors (Lipinski definition) is 1. The van der Waals surface area contributed by atoms with E-state index in [1.807, 2.05) is 0 Å². The summed E-state index contributed by atoms with van der Waals surface area (Å²) in [5.41, 5.74) is -0.195. The molecule has 182 valence electrons. The average molecular weight is 493 g/mol. The van der Waals surface area contributed by atoms with Crippen molar-refractivity contribution in [2.24, 2.45) is 0 Å². The highest BCUT2D eigenvalue weighted by Gasteiger charge is 2.32. The van der Waals surface area contributed by atoms with Crippen molar-refractivity contribution in [2.75, 3.05) is 25.0 Å². The van der Waals surface area contributed by atoms with Gasteiger partial charge >= 0.3 is 5.97 Å². The van der Waals surface area contributed by atoms with E-state index in [-0.39, 0.29) is 47.0 Å². The van der Waals surface area contributed by atoms with E-state index in [4.69, 9.17) is 9.47 Å². The first-order valence-electron chi connectivity index (χ1n) is 10.5. The number of benzene rings is 2. The van der Waals surface area contributed by atoms with Crippen molar-refractivity contribution in [3.05, 3.63) is 59.4 Å². The number of esters is 1. The van der Waals surface area contributed by atoms with E-state index < -0.39 is 40.1 Å². The SMILES string of the molecule is CC(=O)Nc1ccc(C(=O)COC(=O)c2cccc(S(=O)(=O)N3CC(C)OC(C)C3)c2)c(F)c1. The van der Waals surface area contributed by atoms with Gasteiger partial charge in [0.1, 0.15) is 5.82 Å². The van der Waals surface area contributed by atoms with Crippen LogP contribution in [0.4, 0.5) is 10.1 Å². The molecule has 2 aromatic carbocycles. The lowest BCUT2D eigenvalue weighted by Gasteiger charge is -2.34. The molecule has 0 saturated carbocycles. The molecule has 1 fully saturated rings. The molecule has 9 nitrogen and oxygen atoms in total. The third kappa shape index (κ3) is 6.04. The fourth-order valence-electron chi connectivity index (χ4n) is 3.57. The Morgan fingerprint density at radius 2 is 1.79 bits per heavy atom. The second kappa shape index (κ2) is 10.4. The summed E-state index contributed by atoms with van der Waals surface area (Å²) in [7, 11) is -3.88. The molecular weight excluding hydrogens is 467 g/mol. The third-order valence-corrected chi connectivity index (χ3v) is 6.85. The molecule has 0 bridgehead atoms. The average Bonchev–Trinajstić information content (AvgIpc) is 2.76. The van der Waals surface area contributed by atoms with Crippen LogP contribution in [0.5, 0.6) is 0 Å². The highest BCUT2D eigenvalue weighted by atomic mass is 32.2. The monoisotopic (exact) mass is 492 g/mol. The fourth-order valence-corrected chi connectivity index (χ4v) is 5.21. The van der Waals surface area contributed by atoms with Crippen LogP contribution in [-0.4, -0.2) is 62.3 Å². The van der Waals surface area contributed by atoms with Crippen molar-refractivity contribution < 1.29 is 36.7 Å². The Kier molecular flexibility index (Phi) is 7.80. The number of nitrogens with zero attached hydrogens (tertiary/aromatic N) is 1. The predicted molar refractivity (Wildman–Crippen MR) is 121 cm³/mol. The van der Waals surface area contributed by atoms with Crippen molar-refractivity contribution >= 4 is 33.4 Å². The number of anilines is 1. The maximum atomic E-state index is 14.2. The van der Waals surface area contributed by atoms with Gasteiger partial charge in [-0.05, 0) is 50.2 Å². The Labute approximate surface area is 196 Å². The Morgan fingerprint density at radius 3 is 2.41 bits per heavy atom. The van der Waals surface area contributed by atoms with Gasteiger partial charge in [0.2, 0.25) is 21.7 Å². The molecule has 0 aliphatic carbocycles. The van der Waals surface area contributed by atoms with Gasteiger partial charge in [-0.1, -0.05) is 6.07 Å². The van der Waals surface area contributed by atoms with E-state index in [0.717, 1.165) is 6.07 Å². The van der Waals surface area contributed by atoms with Crippen LogP contribution < -0.4 is 5.32 Å². The quantitative estimate of drug-likeness (QED) is 0.466. The van der Waals surface area contributed by atoms with Gasteiger partial charge < -0.3 is 14.8 Å². The Hall–Kier alpha value is -3.15. The molecule has 1 amide bonds. The minimum absolute atomic E-state index is 0.0651. The largest absolute Gasteiger partial charge is 0.454 e. The van der Waals surface area contributed by atoms with Crippen LogP contribution in [0.1, 0.15) is 41.5 Å². The van der Waals surface area contributed by atoms with Crippen molar-refractivity contribution in [1.82, 2.24) is 4.31 Å². The molecule has 11 heteroatoms. The van der Waals surface area contributed by atoms with Crippen LogP contribution in [0.3, 0.4) is 0 Å². The molecule has 0 spiro atoms. The molecule has 1 aliphatic heterocycles. The lowest BCUT2D eigenvalue weighted by molar-refractivity contribution is -0.114. The maximum Gasteiger partial charge on any atom is 0.338 e.